The van der Waals surface area contributed by atoms with Crippen molar-refractivity contribution in [2.75, 3.05) is 13.1 Å². The molecule has 1 saturated carbocycles. The lowest BCUT2D eigenvalue weighted by Crippen LogP contribution is -2.58. The number of hydrogen-bond donors (Lipinski definition) is 7. The molecule has 15 nitrogen and oxygen atoms in total. The summed E-state index contributed by atoms with van der Waals surface area (Å²) in [6.45, 7) is 1.49. The molecule has 15 heteroatoms. The van der Waals surface area contributed by atoms with Gasteiger partial charge in [0.2, 0.25) is 41.2 Å². The van der Waals surface area contributed by atoms with Gasteiger partial charge in [0.1, 0.15) is 18.1 Å². The fourth-order valence-corrected chi connectivity index (χ4v) is 6.25. The Morgan fingerprint density at radius 3 is 2.20 bits per heavy atom. The van der Waals surface area contributed by atoms with Crippen molar-refractivity contribution < 1.29 is 38.4 Å². The Kier molecular flexibility index (Phi) is 16.4. The Bertz CT molecular complexity index is 1370. The molecule has 2 aliphatic rings. The van der Waals surface area contributed by atoms with Gasteiger partial charge in [0.05, 0.1) is 12.6 Å². The van der Waals surface area contributed by atoms with Gasteiger partial charge in [-0.1, -0.05) is 62.9 Å². The molecule has 2 fully saturated rings. The minimum Gasteiger partial charge on any atom is -0.368 e. The van der Waals surface area contributed by atoms with Crippen molar-refractivity contribution in [3.05, 3.63) is 35.9 Å². The fraction of sp³-hybridized carbons (Fsp3) is 0.600. The molecule has 2 unspecified atom stereocenters. The highest BCUT2D eigenvalue weighted by molar-refractivity contribution is 6.38. The van der Waals surface area contributed by atoms with E-state index in [4.69, 9.17) is 5.73 Å². The normalized spacial score (nSPS) is 21.0. The average molecular weight is 698 g/mol. The summed E-state index contributed by atoms with van der Waals surface area (Å²) < 4.78 is 0. The zero-order valence-corrected chi connectivity index (χ0v) is 28.7. The summed E-state index contributed by atoms with van der Waals surface area (Å²) in [4.78, 5) is 103. The van der Waals surface area contributed by atoms with Crippen LogP contribution in [-0.4, -0.2) is 78.3 Å². The van der Waals surface area contributed by atoms with E-state index in [9.17, 15) is 38.4 Å². The van der Waals surface area contributed by atoms with Gasteiger partial charge in [-0.2, -0.15) is 0 Å². The number of ketones is 1. The van der Waals surface area contributed by atoms with E-state index in [-0.39, 0.29) is 43.4 Å². The van der Waals surface area contributed by atoms with Crippen LogP contribution in [0.5, 0.6) is 0 Å². The smallest absolute Gasteiger partial charge is 0.290 e. The molecule has 1 heterocycles. The molecule has 0 aromatic heterocycles. The predicted octanol–water partition coefficient (Wildman–Crippen LogP) is 0.320. The molecule has 1 aliphatic heterocycles. The lowest BCUT2D eigenvalue weighted by Gasteiger charge is -2.31. The van der Waals surface area contributed by atoms with Crippen LogP contribution in [0.4, 0.5) is 0 Å². The Morgan fingerprint density at radius 2 is 1.52 bits per heavy atom. The minimum absolute atomic E-state index is 0.0805. The monoisotopic (exact) mass is 697 g/mol. The molecule has 50 heavy (non-hydrogen) atoms. The van der Waals surface area contributed by atoms with E-state index in [1.807, 2.05) is 0 Å². The van der Waals surface area contributed by atoms with Crippen LogP contribution in [0.1, 0.15) is 102 Å². The van der Waals surface area contributed by atoms with Crippen LogP contribution >= 0.6 is 0 Å². The van der Waals surface area contributed by atoms with Crippen molar-refractivity contribution in [1.82, 2.24) is 31.9 Å². The van der Waals surface area contributed by atoms with Crippen LogP contribution < -0.4 is 37.6 Å². The molecule has 274 valence electrons. The van der Waals surface area contributed by atoms with Crippen LogP contribution in [-0.2, 0) is 38.4 Å². The Labute approximate surface area is 292 Å². The number of hydrogen-bond acceptors (Lipinski definition) is 8. The lowest BCUT2D eigenvalue weighted by molar-refractivity contribution is -0.141. The van der Waals surface area contributed by atoms with Gasteiger partial charge in [-0.3, -0.25) is 38.4 Å². The zero-order valence-electron chi connectivity index (χ0n) is 28.7. The van der Waals surface area contributed by atoms with Crippen LogP contribution in [0.15, 0.2) is 30.3 Å². The number of Topliss-reactive ketones (excluding diaryl/α,β-unsaturated/α-hetero) is 1. The molecule has 7 amide bonds. The van der Waals surface area contributed by atoms with Crippen molar-refractivity contribution in [1.29, 1.82) is 0 Å². The number of nitrogens with one attached hydrogen (secondary N) is 6. The van der Waals surface area contributed by atoms with Crippen molar-refractivity contribution in [2.24, 2.45) is 11.7 Å². The molecule has 0 spiro atoms. The van der Waals surface area contributed by atoms with Gasteiger partial charge in [0, 0.05) is 19.4 Å². The van der Waals surface area contributed by atoms with Gasteiger partial charge in [-0.05, 0) is 56.4 Å². The standard InChI is InChI=1S/C35H51N7O8/c1-2-12-24(31(46)35(50)38-21-28(45)42-29(32(36)47)22-13-5-3-6-14-22)39-33(48)25-17-9-10-20-37-26(43)18-11-19-27(44)41-30(34(49)40-25)23-15-7-4-8-16-23/h3,5-6,13-14,23-25,29-30H,2,4,7-12,15-21H2,1H3,(H2,36,47)(H,37,43)(H,38,50)(H,39,48)(H,40,49)(H,41,44)(H,42,45)/t24?,25-,29-,30?/m0/s1. The van der Waals surface area contributed by atoms with Crippen LogP contribution in [0, 0.1) is 5.92 Å². The number of nitrogens with two attached hydrogens (primary N) is 1. The molecule has 1 aromatic carbocycles. The summed E-state index contributed by atoms with van der Waals surface area (Å²) in [5.41, 5.74) is 5.88. The second kappa shape index (κ2) is 20.6. The topological polar surface area (TPSA) is 235 Å². The van der Waals surface area contributed by atoms with E-state index < -0.39 is 66.0 Å². The second-order valence-electron chi connectivity index (χ2n) is 12.9. The summed E-state index contributed by atoms with van der Waals surface area (Å²) in [6, 6.07) is 3.93. The van der Waals surface area contributed by atoms with Gasteiger partial charge >= 0.3 is 0 Å². The summed E-state index contributed by atoms with van der Waals surface area (Å²) in [7, 11) is 0. The number of primary amides is 1. The molecule has 4 atom stereocenters. The van der Waals surface area contributed by atoms with Gasteiger partial charge < -0.3 is 37.6 Å². The third-order valence-electron chi connectivity index (χ3n) is 8.97. The molecule has 1 aliphatic carbocycles. The first-order valence-electron chi connectivity index (χ1n) is 17.6. The summed E-state index contributed by atoms with van der Waals surface area (Å²) in [5.74, 6) is -5.49. The Hall–Kier alpha value is -4.82. The maximum atomic E-state index is 13.7. The molecule has 1 aromatic rings. The van der Waals surface area contributed by atoms with Crippen molar-refractivity contribution in [2.45, 2.75) is 115 Å². The number of benzene rings is 1. The Morgan fingerprint density at radius 1 is 0.840 bits per heavy atom. The van der Waals surface area contributed by atoms with Gasteiger partial charge in [0.15, 0.2) is 0 Å². The number of rotatable bonds is 12. The van der Waals surface area contributed by atoms with Gasteiger partial charge in [-0.15, -0.1) is 0 Å². The van der Waals surface area contributed by atoms with E-state index in [0.29, 0.717) is 37.8 Å². The molecular weight excluding hydrogens is 646 g/mol. The largest absolute Gasteiger partial charge is 0.368 e. The fourth-order valence-electron chi connectivity index (χ4n) is 6.25. The van der Waals surface area contributed by atoms with Crippen LogP contribution in [0.2, 0.25) is 0 Å². The predicted molar refractivity (Wildman–Crippen MR) is 183 cm³/mol. The maximum Gasteiger partial charge on any atom is 0.290 e. The lowest BCUT2D eigenvalue weighted by atomic mass is 9.83. The second-order valence-corrected chi connectivity index (χ2v) is 12.9. The average Bonchev–Trinajstić information content (AvgIpc) is 3.11. The van der Waals surface area contributed by atoms with Crippen molar-refractivity contribution in [3.8, 4) is 0 Å². The van der Waals surface area contributed by atoms with Crippen molar-refractivity contribution in [3.63, 3.8) is 0 Å². The molecule has 0 bridgehead atoms. The number of carbonyl (C=O) groups is 8. The molecule has 1 saturated heterocycles. The molecule has 8 N–H and O–H groups in total. The molecular formula is C35H51N7O8. The first-order chi connectivity index (χ1) is 24.0. The third kappa shape index (κ3) is 12.9. The maximum absolute atomic E-state index is 13.7. The van der Waals surface area contributed by atoms with E-state index in [1.165, 1.54) is 0 Å². The highest BCUT2D eigenvalue weighted by atomic mass is 16.2. The third-order valence-corrected chi connectivity index (χ3v) is 8.97. The van der Waals surface area contributed by atoms with Crippen LogP contribution in [0.3, 0.4) is 0 Å². The SMILES string of the molecule is CCCC(NC(=O)[C@@H]1CCCCNC(=O)CCCC(=O)NC(C2CCCCC2)C(=O)N1)C(=O)C(=O)NCC(=O)N[C@H](C(N)=O)c1ccccc1. The summed E-state index contributed by atoms with van der Waals surface area (Å²) >= 11 is 0. The van der Waals surface area contributed by atoms with Gasteiger partial charge in [0.25, 0.3) is 5.91 Å². The van der Waals surface area contributed by atoms with E-state index in [2.05, 4.69) is 31.9 Å². The summed E-state index contributed by atoms with van der Waals surface area (Å²) in [6.07, 6.45) is 6.65. The number of amides is 7. The minimum atomic E-state index is -1.25. The molecule has 3 rings (SSSR count). The highest BCUT2D eigenvalue weighted by Crippen LogP contribution is 2.27. The molecule has 0 radical (unpaired) electrons. The zero-order chi connectivity index (χ0) is 36.5. The number of carbonyl (C=O) groups excluding carboxylic acids is 8. The van der Waals surface area contributed by atoms with Crippen LogP contribution in [0.25, 0.3) is 0 Å². The highest BCUT2D eigenvalue weighted by Gasteiger charge is 2.35. The van der Waals surface area contributed by atoms with Gasteiger partial charge in [-0.25, -0.2) is 0 Å². The first-order valence-corrected chi connectivity index (χ1v) is 17.6. The first kappa shape index (κ1) is 39.6. The van der Waals surface area contributed by atoms with E-state index in [1.54, 1.807) is 37.3 Å². The van der Waals surface area contributed by atoms with Crippen molar-refractivity contribution >= 4 is 47.1 Å². The summed E-state index contributed by atoms with van der Waals surface area (Å²) in [5, 5.41) is 15.7. The van der Waals surface area contributed by atoms with E-state index >= 15 is 0 Å². The Balaban J connectivity index is 1.69. The van der Waals surface area contributed by atoms with E-state index in [0.717, 1.165) is 32.1 Å². The quantitative estimate of drug-likeness (QED) is 0.150.